The number of benzene rings is 1. The maximum atomic E-state index is 12.8. The summed E-state index contributed by atoms with van der Waals surface area (Å²) in [5.41, 5.74) is 0.484. The molecule has 2 unspecified atom stereocenters. The standard InChI is InChI=1S/C17H26N2O3S/c1-4-9-18-17(20)15-5-7-16(8-6-15)23(21,22)19-11-13(2)10-14(3)12-19/h5-8,13-14H,4,9-12H2,1-3H3,(H,18,20). The van der Waals surface area contributed by atoms with Crippen molar-refractivity contribution >= 4 is 15.9 Å². The maximum absolute atomic E-state index is 12.8. The van der Waals surface area contributed by atoms with Gasteiger partial charge in [0.05, 0.1) is 4.90 Å². The molecule has 2 rings (SSSR count). The van der Waals surface area contributed by atoms with E-state index in [0.29, 0.717) is 37.0 Å². The Kier molecular flexibility index (Phi) is 5.81. The number of carbonyl (C=O) groups excluding carboxylic acids is 1. The fourth-order valence-electron chi connectivity index (χ4n) is 3.07. The van der Waals surface area contributed by atoms with Gasteiger partial charge in [-0.2, -0.15) is 4.31 Å². The number of hydrogen-bond donors (Lipinski definition) is 1. The van der Waals surface area contributed by atoms with E-state index in [-0.39, 0.29) is 10.8 Å². The van der Waals surface area contributed by atoms with Gasteiger partial charge in [0.25, 0.3) is 5.91 Å². The van der Waals surface area contributed by atoms with E-state index in [4.69, 9.17) is 0 Å². The van der Waals surface area contributed by atoms with Crippen LogP contribution in [0.2, 0.25) is 0 Å². The molecular weight excluding hydrogens is 312 g/mol. The highest BCUT2D eigenvalue weighted by molar-refractivity contribution is 7.89. The van der Waals surface area contributed by atoms with Gasteiger partial charge in [-0.1, -0.05) is 20.8 Å². The molecule has 1 aromatic rings. The van der Waals surface area contributed by atoms with Crippen LogP contribution in [0.4, 0.5) is 0 Å². The molecule has 1 aliphatic heterocycles. The predicted molar refractivity (Wildman–Crippen MR) is 90.8 cm³/mol. The maximum Gasteiger partial charge on any atom is 0.251 e. The summed E-state index contributed by atoms with van der Waals surface area (Å²) in [6, 6.07) is 6.21. The summed E-state index contributed by atoms with van der Waals surface area (Å²) in [6.07, 6.45) is 1.92. The minimum absolute atomic E-state index is 0.170. The quantitative estimate of drug-likeness (QED) is 0.897. The second kappa shape index (κ2) is 7.45. The Morgan fingerprint density at radius 2 is 1.74 bits per heavy atom. The van der Waals surface area contributed by atoms with Crippen molar-refractivity contribution in [2.24, 2.45) is 11.8 Å². The Morgan fingerprint density at radius 3 is 2.26 bits per heavy atom. The highest BCUT2D eigenvalue weighted by Crippen LogP contribution is 2.26. The Balaban J connectivity index is 2.15. The van der Waals surface area contributed by atoms with Crippen LogP contribution in [-0.4, -0.2) is 38.3 Å². The summed E-state index contributed by atoms with van der Waals surface area (Å²) < 4.78 is 27.1. The largest absolute Gasteiger partial charge is 0.352 e. The van der Waals surface area contributed by atoms with Crippen molar-refractivity contribution in [3.8, 4) is 0 Å². The number of piperidine rings is 1. The molecule has 2 atom stereocenters. The van der Waals surface area contributed by atoms with Crippen molar-refractivity contribution in [2.75, 3.05) is 19.6 Å². The molecule has 1 saturated heterocycles. The van der Waals surface area contributed by atoms with E-state index >= 15 is 0 Å². The Hall–Kier alpha value is -1.40. The third-order valence-electron chi connectivity index (χ3n) is 4.13. The van der Waals surface area contributed by atoms with Crippen LogP contribution in [-0.2, 0) is 10.0 Å². The molecule has 0 saturated carbocycles. The number of sulfonamides is 1. The molecule has 6 heteroatoms. The highest BCUT2D eigenvalue weighted by Gasteiger charge is 2.31. The zero-order valence-corrected chi connectivity index (χ0v) is 14.9. The molecule has 0 aliphatic carbocycles. The fourth-order valence-corrected chi connectivity index (χ4v) is 4.75. The molecule has 128 valence electrons. The average molecular weight is 338 g/mol. The van der Waals surface area contributed by atoms with Crippen molar-refractivity contribution < 1.29 is 13.2 Å². The van der Waals surface area contributed by atoms with Gasteiger partial charge < -0.3 is 5.32 Å². The summed E-state index contributed by atoms with van der Waals surface area (Å²) in [4.78, 5) is 12.1. The van der Waals surface area contributed by atoms with Crippen molar-refractivity contribution in [3.63, 3.8) is 0 Å². The minimum atomic E-state index is -3.49. The number of nitrogens with one attached hydrogen (secondary N) is 1. The summed E-state index contributed by atoms with van der Waals surface area (Å²) in [5.74, 6) is 0.566. The number of nitrogens with zero attached hydrogens (tertiary/aromatic N) is 1. The Labute approximate surface area is 139 Å². The lowest BCUT2D eigenvalue weighted by molar-refractivity contribution is 0.0953. The number of rotatable bonds is 5. The molecule has 1 aromatic carbocycles. The van der Waals surface area contributed by atoms with Gasteiger partial charge in [0.15, 0.2) is 0 Å². The molecule has 23 heavy (non-hydrogen) atoms. The third kappa shape index (κ3) is 4.32. The highest BCUT2D eigenvalue weighted by atomic mass is 32.2. The third-order valence-corrected chi connectivity index (χ3v) is 5.97. The minimum Gasteiger partial charge on any atom is -0.352 e. The van der Waals surface area contributed by atoms with Gasteiger partial charge in [-0.25, -0.2) is 8.42 Å². The first-order chi connectivity index (χ1) is 10.8. The van der Waals surface area contributed by atoms with Crippen molar-refractivity contribution in [2.45, 2.75) is 38.5 Å². The molecule has 0 aromatic heterocycles. The predicted octanol–water partition coefficient (Wildman–Crippen LogP) is 2.49. The van der Waals surface area contributed by atoms with E-state index in [1.165, 1.54) is 12.1 Å². The summed E-state index contributed by atoms with van der Waals surface area (Å²) in [7, 11) is -3.49. The van der Waals surface area contributed by atoms with E-state index < -0.39 is 10.0 Å². The summed E-state index contributed by atoms with van der Waals surface area (Å²) >= 11 is 0. The van der Waals surface area contributed by atoms with Crippen LogP contribution in [0.25, 0.3) is 0 Å². The smallest absolute Gasteiger partial charge is 0.251 e. The van der Waals surface area contributed by atoms with Gasteiger partial charge in [0.1, 0.15) is 0 Å². The van der Waals surface area contributed by atoms with Crippen LogP contribution >= 0.6 is 0 Å². The lowest BCUT2D eigenvalue weighted by Crippen LogP contribution is -2.42. The first-order valence-corrected chi connectivity index (χ1v) is 9.67. The lowest BCUT2D eigenvalue weighted by Gasteiger charge is -2.34. The zero-order valence-electron chi connectivity index (χ0n) is 14.1. The van der Waals surface area contributed by atoms with E-state index in [1.54, 1.807) is 16.4 Å². The average Bonchev–Trinajstić information content (AvgIpc) is 2.51. The van der Waals surface area contributed by atoms with Crippen LogP contribution < -0.4 is 5.32 Å². The number of carbonyl (C=O) groups is 1. The van der Waals surface area contributed by atoms with Crippen LogP contribution in [0.3, 0.4) is 0 Å². The van der Waals surface area contributed by atoms with E-state index in [2.05, 4.69) is 19.2 Å². The van der Waals surface area contributed by atoms with Crippen molar-refractivity contribution in [3.05, 3.63) is 29.8 Å². The van der Waals surface area contributed by atoms with E-state index in [9.17, 15) is 13.2 Å². The first kappa shape index (κ1) is 17.9. The van der Waals surface area contributed by atoms with Crippen LogP contribution in [0.15, 0.2) is 29.2 Å². The number of hydrogen-bond acceptors (Lipinski definition) is 3. The van der Waals surface area contributed by atoms with E-state index in [1.807, 2.05) is 6.92 Å². The topological polar surface area (TPSA) is 66.5 Å². The van der Waals surface area contributed by atoms with E-state index in [0.717, 1.165) is 12.8 Å². The summed E-state index contributed by atoms with van der Waals surface area (Å²) in [5, 5.41) is 2.78. The fraction of sp³-hybridized carbons (Fsp3) is 0.588. The molecule has 0 radical (unpaired) electrons. The lowest BCUT2D eigenvalue weighted by atomic mass is 9.94. The second-order valence-corrected chi connectivity index (χ2v) is 8.49. The normalized spacial score (nSPS) is 22.7. The van der Waals surface area contributed by atoms with Crippen molar-refractivity contribution in [1.29, 1.82) is 0 Å². The molecule has 1 amide bonds. The van der Waals surface area contributed by atoms with Gasteiger partial charge >= 0.3 is 0 Å². The van der Waals surface area contributed by atoms with Crippen LogP contribution in [0, 0.1) is 11.8 Å². The van der Waals surface area contributed by atoms with Crippen LogP contribution in [0.1, 0.15) is 44.0 Å². The Morgan fingerprint density at radius 1 is 1.17 bits per heavy atom. The zero-order chi connectivity index (χ0) is 17.0. The molecule has 1 N–H and O–H groups in total. The van der Waals surface area contributed by atoms with Gasteiger partial charge in [-0.3, -0.25) is 4.79 Å². The van der Waals surface area contributed by atoms with Crippen LogP contribution in [0.5, 0.6) is 0 Å². The molecule has 1 fully saturated rings. The molecule has 1 aliphatic rings. The van der Waals surface area contributed by atoms with Gasteiger partial charge in [0.2, 0.25) is 10.0 Å². The first-order valence-electron chi connectivity index (χ1n) is 8.23. The molecular formula is C17H26N2O3S. The molecule has 0 spiro atoms. The second-order valence-electron chi connectivity index (χ2n) is 6.55. The molecule has 1 heterocycles. The Bertz CT molecular complexity index is 630. The number of amides is 1. The van der Waals surface area contributed by atoms with Crippen molar-refractivity contribution in [1.82, 2.24) is 9.62 Å². The monoisotopic (exact) mass is 338 g/mol. The SMILES string of the molecule is CCCNC(=O)c1ccc(S(=O)(=O)N2CC(C)CC(C)C2)cc1. The summed E-state index contributed by atoms with van der Waals surface area (Å²) in [6.45, 7) is 7.88. The molecule has 0 bridgehead atoms. The van der Waals surface area contributed by atoms with Gasteiger partial charge in [-0.05, 0) is 48.9 Å². The van der Waals surface area contributed by atoms with Gasteiger partial charge in [-0.15, -0.1) is 0 Å². The molecule has 5 nitrogen and oxygen atoms in total. The van der Waals surface area contributed by atoms with Gasteiger partial charge in [0, 0.05) is 25.2 Å².